The predicted octanol–water partition coefficient (Wildman–Crippen LogP) is 0.0542. The van der Waals surface area contributed by atoms with Crippen LogP contribution in [0.25, 0.3) is 12.0 Å². The second-order valence-electron chi connectivity index (χ2n) is 3.67. The zero-order valence-electron chi connectivity index (χ0n) is 8.12. The first kappa shape index (κ1) is 9.17. The van der Waals surface area contributed by atoms with Crippen LogP contribution in [0.5, 0.6) is 0 Å². The van der Waals surface area contributed by atoms with Crippen molar-refractivity contribution in [3.8, 4) is 0 Å². The molecule has 3 rings (SSSR count). The average Bonchev–Trinajstić information content (AvgIpc) is 2.62. The number of carbonyl (C=O) groups is 1. The van der Waals surface area contributed by atoms with E-state index in [1.54, 1.807) is 6.20 Å². The maximum Gasteiger partial charge on any atom is 0.373 e. The molecule has 1 atom stereocenters. The number of ether oxygens (including phenoxy) is 1. The van der Waals surface area contributed by atoms with Gasteiger partial charge in [-0.1, -0.05) is 0 Å². The van der Waals surface area contributed by atoms with Crippen LogP contribution in [0.4, 0.5) is 0 Å². The first-order valence-corrected chi connectivity index (χ1v) is 4.75. The maximum atomic E-state index is 10.8. The van der Waals surface area contributed by atoms with E-state index in [4.69, 9.17) is 9.84 Å². The van der Waals surface area contributed by atoms with E-state index in [1.165, 1.54) is 17.0 Å². The van der Waals surface area contributed by atoms with E-state index in [0.29, 0.717) is 12.2 Å². The van der Waals surface area contributed by atoms with Gasteiger partial charge < -0.3 is 14.9 Å². The Morgan fingerprint density at radius 1 is 1.62 bits per heavy atom. The summed E-state index contributed by atoms with van der Waals surface area (Å²) in [4.78, 5) is 10.8. The summed E-state index contributed by atoms with van der Waals surface area (Å²) >= 11 is 0. The summed E-state index contributed by atoms with van der Waals surface area (Å²) in [5.41, 5.74) is 1.57. The standard InChI is InChI=1S/C10H8N2O4/c13-6-1-5-3-11-12-4-8(10(14)15)16-7(2-6)9(5)12/h2-4,6,13H,1H2,(H,14,15). The van der Waals surface area contributed by atoms with E-state index >= 15 is 0 Å². The largest absolute Gasteiger partial charge is 0.475 e. The van der Waals surface area contributed by atoms with Gasteiger partial charge in [0.1, 0.15) is 5.69 Å². The highest BCUT2D eigenvalue weighted by atomic mass is 16.5. The Hall–Kier alpha value is -2.08. The third-order valence-corrected chi connectivity index (χ3v) is 2.55. The molecule has 2 heterocycles. The van der Waals surface area contributed by atoms with Gasteiger partial charge in [0.05, 0.1) is 18.5 Å². The molecule has 0 bridgehead atoms. The minimum atomic E-state index is -1.16. The van der Waals surface area contributed by atoms with E-state index in [2.05, 4.69) is 5.10 Å². The Balaban J connectivity index is 2.19. The zero-order chi connectivity index (χ0) is 11.3. The molecule has 1 unspecified atom stereocenters. The molecular weight excluding hydrogens is 212 g/mol. The number of carboxylic acid groups (broad SMARTS) is 1. The van der Waals surface area contributed by atoms with Crippen molar-refractivity contribution in [2.75, 3.05) is 0 Å². The number of aliphatic hydroxyl groups is 1. The van der Waals surface area contributed by atoms with Crippen LogP contribution in [0.1, 0.15) is 11.3 Å². The SMILES string of the molecule is O=C(O)C1=Cn2ncc3c2C(=CC(O)C3)O1. The molecule has 0 saturated carbocycles. The number of carboxylic acids is 1. The van der Waals surface area contributed by atoms with Crippen LogP contribution in [0.3, 0.4) is 0 Å². The summed E-state index contributed by atoms with van der Waals surface area (Å²) in [6.45, 7) is 0. The van der Waals surface area contributed by atoms with Crippen LogP contribution in [0, 0.1) is 0 Å². The third kappa shape index (κ3) is 1.17. The van der Waals surface area contributed by atoms with Crippen molar-refractivity contribution in [2.24, 2.45) is 0 Å². The fraction of sp³-hybridized carbons (Fsp3) is 0.200. The fourth-order valence-electron chi connectivity index (χ4n) is 1.89. The molecule has 0 fully saturated rings. The number of rotatable bonds is 1. The quantitative estimate of drug-likeness (QED) is 0.698. The van der Waals surface area contributed by atoms with E-state index in [0.717, 1.165) is 11.3 Å². The number of aromatic nitrogens is 2. The molecule has 0 spiro atoms. The van der Waals surface area contributed by atoms with Crippen molar-refractivity contribution in [1.82, 2.24) is 9.78 Å². The number of aliphatic carboxylic acids is 1. The number of aliphatic hydroxyl groups excluding tert-OH is 1. The van der Waals surface area contributed by atoms with Crippen molar-refractivity contribution >= 4 is 17.9 Å². The van der Waals surface area contributed by atoms with Gasteiger partial charge in [-0.15, -0.1) is 0 Å². The van der Waals surface area contributed by atoms with Crippen LogP contribution in [-0.2, 0) is 16.0 Å². The van der Waals surface area contributed by atoms with Gasteiger partial charge in [-0.25, -0.2) is 9.48 Å². The van der Waals surface area contributed by atoms with Gasteiger partial charge in [-0.2, -0.15) is 5.10 Å². The van der Waals surface area contributed by atoms with Crippen LogP contribution in [0.15, 0.2) is 18.0 Å². The lowest BCUT2D eigenvalue weighted by Crippen LogP contribution is -2.20. The van der Waals surface area contributed by atoms with Crippen molar-refractivity contribution in [3.05, 3.63) is 29.3 Å². The van der Waals surface area contributed by atoms with Gasteiger partial charge in [0, 0.05) is 12.0 Å². The topological polar surface area (TPSA) is 84.6 Å². The van der Waals surface area contributed by atoms with Crippen molar-refractivity contribution in [1.29, 1.82) is 0 Å². The average molecular weight is 220 g/mol. The molecule has 2 N–H and O–H groups in total. The van der Waals surface area contributed by atoms with E-state index in [-0.39, 0.29) is 5.76 Å². The summed E-state index contributed by atoms with van der Waals surface area (Å²) in [6.07, 6.45) is 4.23. The Morgan fingerprint density at radius 2 is 2.44 bits per heavy atom. The molecule has 2 aliphatic rings. The van der Waals surface area contributed by atoms with Gasteiger partial charge in [-0.3, -0.25) is 0 Å². The molecule has 0 saturated heterocycles. The van der Waals surface area contributed by atoms with Crippen molar-refractivity contribution < 1.29 is 19.7 Å². The first-order valence-electron chi connectivity index (χ1n) is 4.75. The molecule has 0 amide bonds. The van der Waals surface area contributed by atoms with Crippen molar-refractivity contribution in [2.45, 2.75) is 12.5 Å². The Labute approximate surface area is 90.1 Å². The van der Waals surface area contributed by atoms with E-state index in [9.17, 15) is 9.90 Å². The van der Waals surface area contributed by atoms with Gasteiger partial charge in [-0.05, 0) is 6.08 Å². The summed E-state index contributed by atoms with van der Waals surface area (Å²) in [7, 11) is 0. The fourth-order valence-corrected chi connectivity index (χ4v) is 1.89. The zero-order valence-corrected chi connectivity index (χ0v) is 8.12. The van der Waals surface area contributed by atoms with E-state index in [1.807, 2.05) is 0 Å². The lowest BCUT2D eigenvalue weighted by molar-refractivity contribution is -0.135. The molecule has 0 aromatic carbocycles. The summed E-state index contributed by atoms with van der Waals surface area (Å²) in [5, 5.41) is 22.4. The van der Waals surface area contributed by atoms with Gasteiger partial charge in [0.2, 0.25) is 5.76 Å². The highest BCUT2D eigenvalue weighted by molar-refractivity contribution is 5.90. The maximum absolute atomic E-state index is 10.8. The first-order chi connectivity index (χ1) is 7.65. The Kier molecular flexibility index (Phi) is 1.69. The van der Waals surface area contributed by atoms with Gasteiger partial charge >= 0.3 is 5.97 Å². The highest BCUT2D eigenvalue weighted by Gasteiger charge is 2.29. The summed E-state index contributed by atoms with van der Waals surface area (Å²) < 4.78 is 6.64. The highest BCUT2D eigenvalue weighted by Crippen LogP contribution is 2.32. The smallest absolute Gasteiger partial charge is 0.373 e. The minimum Gasteiger partial charge on any atom is -0.475 e. The molecular formula is C10H8N2O4. The molecule has 1 aromatic rings. The molecule has 6 nitrogen and oxygen atoms in total. The summed E-state index contributed by atoms with van der Waals surface area (Å²) in [6, 6.07) is 0. The second-order valence-corrected chi connectivity index (χ2v) is 3.67. The number of hydrogen-bond donors (Lipinski definition) is 2. The van der Waals surface area contributed by atoms with E-state index < -0.39 is 12.1 Å². The van der Waals surface area contributed by atoms with Crippen LogP contribution < -0.4 is 0 Å². The van der Waals surface area contributed by atoms with Crippen LogP contribution >= 0.6 is 0 Å². The Morgan fingerprint density at radius 3 is 3.19 bits per heavy atom. The lowest BCUT2D eigenvalue weighted by Gasteiger charge is -2.22. The van der Waals surface area contributed by atoms with Gasteiger partial charge in [0.25, 0.3) is 0 Å². The van der Waals surface area contributed by atoms with Crippen molar-refractivity contribution in [3.63, 3.8) is 0 Å². The molecule has 1 aromatic heterocycles. The lowest BCUT2D eigenvalue weighted by atomic mass is 10.0. The normalized spacial score (nSPS) is 21.7. The molecule has 1 aliphatic heterocycles. The number of nitrogens with zero attached hydrogens (tertiary/aromatic N) is 2. The number of hydrogen-bond acceptors (Lipinski definition) is 4. The monoisotopic (exact) mass is 220 g/mol. The molecule has 0 radical (unpaired) electrons. The molecule has 82 valence electrons. The molecule has 6 heteroatoms. The third-order valence-electron chi connectivity index (χ3n) is 2.55. The Bertz CT molecular complexity index is 541. The van der Waals surface area contributed by atoms with Crippen LogP contribution in [0.2, 0.25) is 0 Å². The molecule has 16 heavy (non-hydrogen) atoms. The van der Waals surface area contributed by atoms with Gasteiger partial charge in [0.15, 0.2) is 5.76 Å². The molecule has 1 aliphatic carbocycles. The predicted molar refractivity (Wildman–Crippen MR) is 52.9 cm³/mol. The summed E-state index contributed by atoms with van der Waals surface area (Å²) in [5.74, 6) is -1.02. The minimum absolute atomic E-state index is 0.206. The second kappa shape index (κ2) is 2.96. The van der Waals surface area contributed by atoms with Crippen LogP contribution in [-0.4, -0.2) is 32.1 Å².